The minimum absolute atomic E-state index is 0.0170. The van der Waals surface area contributed by atoms with E-state index >= 15 is 0 Å². The third-order valence-electron chi connectivity index (χ3n) is 5.46. The van der Waals surface area contributed by atoms with Crippen molar-refractivity contribution in [3.63, 3.8) is 0 Å². The number of halogens is 2. The normalized spacial score (nSPS) is 23.1. The number of rotatable bonds is 8. The summed E-state index contributed by atoms with van der Waals surface area (Å²) in [4.78, 5) is 24.9. The van der Waals surface area contributed by atoms with Gasteiger partial charge in [-0.15, -0.1) is 10.2 Å². The Labute approximate surface area is 182 Å². The number of nitrogens with one attached hydrogen (secondary N) is 2. The van der Waals surface area contributed by atoms with E-state index in [9.17, 15) is 14.0 Å². The molecule has 2 amide bonds. The minimum atomic E-state index is -0.615. The van der Waals surface area contributed by atoms with Gasteiger partial charge < -0.3 is 24.8 Å². The van der Waals surface area contributed by atoms with Gasteiger partial charge in [0.2, 0.25) is 11.8 Å². The SMILES string of the molecule is COc1cc(C(=O)NC23CC(NC(=O)COc4ccc(Cl)c(F)c4)(C2)C3)c(OC)nn1. The van der Waals surface area contributed by atoms with Gasteiger partial charge in [0.1, 0.15) is 17.1 Å². The first-order chi connectivity index (χ1) is 14.8. The zero-order valence-electron chi connectivity index (χ0n) is 16.8. The molecule has 2 bridgehead atoms. The topological polar surface area (TPSA) is 112 Å². The molecule has 11 heteroatoms. The zero-order valence-corrected chi connectivity index (χ0v) is 17.6. The summed E-state index contributed by atoms with van der Waals surface area (Å²) in [6, 6.07) is 5.43. The molecule has 1 heterocycles. The highest BCUT2D eigenvalue weighted by molar-refractivity contribution is 6.30. The van der Waals surface area contributed by atoms with Crippen molar-refractivity contribution in [3.8, 4) is 17.5 Å². The summed E-state index contributed by atoms with van der Waals surface area (Å²) in [5.74, 6) is -0.766. The van der Waals surface area contributed by atoms with E-state index < -0.39 is 5.82 Å². The van der Waals surface area contributed by atoms with E-state index in [1.807, 2.05) is 0 Å². The second-order valence-corrected chi connectivity index (χ2v) is 8.17. The number of hydrogen-bond donors (Lipinski definition) is 2. The summed E-state index contributed by atoms with van der Waals surface area (Å²) >= 11 is 5.62. The molecule has 0 unspecified atom stereocenters. The summed E-state index contributed by atoms with van der Waals surface area (Å²) in [6.07, 6.45) is 1.81. The van der Waals surface area contributed by atoms with Crippen molar-refractivity contribution in [1.29, 1.82) is 0 Å². The molecule has 31 heavy (non-hydrogen) atoms. The van der Waals surface area contributed by atoms with Crippen molar-refractivity contribution in [2.24, 2.45) is 0 Å². The van der Waals surface area contributed by atoms with E-state index in [0.717, 1.165) is 6.07 Å². The molecule has 2 aromatic rings. The van der Waals surface area contributed by atoms with Gasteiger partial charge in [-0.2, -0.15) is 0 Å². The maximum atomic E-state index is 13.4. The van der Waals surface area contributed by atoms with Crippen LogP contribution in [0.15, 0.2) is 24.3 Å². The number of benzene rings is 1. The molecule has 1 aromatic carbocycles. The Morgan fingerprint density at radius 2 is 1.81 bits per heavy atom. The first-order valence-electron chi connectivity index (χ1n) is 9.44. The van der Waals surface area contributed by atoms with Crippen LogP contribution in [0.3, 0.4) is 0 Å². The zero-order chi connectivity index (χ0) is 22.2. The van der Waals surface area contributed by atoms with Crippen LogP contribution >= 0.6 is 11.6 Å². The van der Waals surface area contributed by atoms with Gasteiger partial charge in [-0.1, -0.05) is 11.6 Å². The van der Waals surface area contributed by atoms with E-state index in [1.165, 1.54) is 32.4 Å². The highest BCUT2D eigenvalue weighted by Gasteiger charge is 2.69. The molecular weight excluding hydrogens is 431 g/mol. The van der Waals surface area contributed by atoms with Crippen LogP contribution < -0.4 is 24.8 Å². The van der Waals surface area contributed by atoms with E-state index in [0.29, 0.717) is 19.3 Å². The Balaban J connectivity index is 1.28. The van der Waals surface area contributed by atoms with Gasteiger partial charge in [0.15, 0.2) is 6.61 Å². The van der Waals surface area contributed by atoms with Crippen LogP contribution in [-0.2, 0) is 4.79 Å². The van der Waals surface area contributed by atoms with Crippen LogP contribution in [-0.4, -0.2) is 53.9 Å². The first-order valence-corrected chi connectivity index (χ1v) is 9.82. The average Bonchev–Trinajstić information content (AvgIpc) is 2.71. The summed E-state index contributed by atoms with van der Waals surface area (Å²) < 4.78 is 28.9. The highest BCUT2D eigenvalue weighted by atomic mass is 35.5. The standard InChI is InChI=1S/C20H20ClFN4O5/c1-29-16-6-12(18(30-2)26-25-16)17(28)24-20-8-19(9-20,10-20)23-15(27)7-31-11-3-4-13(21)14(22)5-11/h3-6H,7-10H2,1-2H3,(H,23,27)(H,24,28). The minimum Gasteiger partial charge on any atom is -0.484 e. The largest absolute Gasteiger partial charge is 0.484 e. The third kappa shape index (κ3) is 4.07. The third-order valence-corrected chi connectivity index (χ3v) is 5.77. The monoisotopic (exact) mass is 450 g/mol. The fourth-order valence-corrected chi connectivity index (χ4v) is 4.30. The van der Waals surface area contributed by atoms with Gasteiger partial charge in [-0.25, -0.2) is 4.39 Å². The maximum Gasteiger partial charge on any atom is 0.258 e. The molecule has 0 spiro atoms. The molecule has 1 aromatic heterocycles. The van der Waals surface area contributed by atoms with Gasteiger partial charge in [-0.05, 0) is 31.4 Å². The molecule has 0 atom stereocenters. The highest BCUT2D eigenvalue weighted by Crippen LogP contribution is 2.60. The van der Waals surface area contributed by atoms with Gasteiger partial charge >= 0.3 is 0 Å². The van der Waals surface area contributed by atoms with Crippen molar-refractivity contribution < 1.29 is 28.2 Å². The van der Waals surface area contributed by atoms with E-state index in [2.05, 4.69) is 20.8 Å². The van der Waals surface area contributed by atoms with Crippen molar-refractivity contribution in [2.75, 3.05) is 20.8 Å². The summed E-state index contributed by atoms with van der Waals surface area (Å²) in [6.45, 7) is -0.248. The molecule has 0 saturated heterocycles. The fraction of sp³-hybridized carbons (Fsp3) is 0.400. The number of ether oxygens (including phenoxy) is 3. The second-order valence-electron chi connectivity index (χ2n) is 7.77. The lowest BCUT2D eigenvalue weighted by Gasteiger charge is -2.70. The average molecular weight is 451 g/mol. The first kappa shape index (κ1) is 21.1. The van der Waals surface area contributed by atoms with Gasteiger partial charge in [0, 0.05) is 23.2 Å². The van der Waals surface area contributed by atoms with Crippen LogP contribution in [0.4, 0.5) is 4.39 Å². The van der Waals surface area contributed by atoms with Crippen LogP contribution in [0, 0.1) is 5.82 Å². The van der Waals surface area contributed by atoms with Crippen molar-refractivity contribution in [3.05, 3.63) is 40.7 Å². The predicted molar refractivity (Wildman–Crippen MR) is 107 cm³/mol. The number of amides is 2. The summed E-state index contributed by atoms with van der Waals surface area (Å²) in [7, 11) is 2.83. The lowest BCUT2D eigenvalue weighted by atomic mass is 9.44. The molecule has 3 saturated carbocycles. The van der Waals surface area contributed by atoms with Crippen LogP contribution in [0.25, 0.3) is 0 Å². The van der Waals surface area contributed by atoms with E-state index in [1.54, 1.807) is 0 Å². The van der Waals surface area contributed by atoms with E-state index in [4.69, 9.17) is 25.8 Å². The van der Waals surface area contributed by atoms with Crippen molar-refractivity contribution in [1.82, 2.24) is 20.8 Å². The number of nitrogens with zero attached hydrogens (tertiary/aromatic N) is 2. The molecule has 3 fully saturated rings. The van der Waals surface area contributed by atoms with E-state index in [-0.39, 0.29) is 57.6 Å². The Morgan fingerprint density at radius 1 is 1.10 bits per heavy atom. The number of hydrogen-bond acceptors (Lipinski definition) is 7. The molecule has 0 radical (unpaired) electrons. The van der Waals surface area contributed by atoms with Crippen LogP contribution in [0.2, 0.25) is 5.02 Å². The maximum absolute atomic E-state index is 13.4. The molecule has 3 aliphatic carbocycles. The Bertz CT molecular complexity index is 1030. The predicted octanol–water partition coefficient (Wildman–Crippen LogP) is 1.89. The molecule has 3 aliphatic rings. The second kappa shape index (κ2) is 7.84. The summed E-state index contributed by atoms with van der Waals surface area (Å²) in [5.41, 5.74) is -0.524. The molecule has 164 valence electrons. The fourth-order valence-electron chi connectivity index (χ4n) is 4.18. The lowest BCUT2D eigenvalue weighted by molar-refractivity contribution is -0.141. The quantitative estimate of drug-likeness (QED) is 0.631. The van der Waals surface area contributed by atoms with Crippen molar-refractivity contribution in [2.45, 2.75) is 30.3 Å². The lowest BCUT2D eigenvalue weighted by Crippen LogP contribution is -2.84. The van der Waals surface area contributed by atoms with Gasteiger partial charge in [0.25, 0.3) is 11.8 Å². The molecule has 0 aliphatic heterocycles. The molecule has 5 rings (SSSR count). The summed E-state index contributed by atoms with van der Waals surface area (Å²) in [5, 5.41) is 13.5. The van der Waals surface area contributed by atoms with Gasteiger partial charge in [0.05, 0.1) is 19.2 Å². The van der Waals surface area contributed by atoms with Crippen molar-refractivity contribution >= 4 is 23.4 Å². The number of carbonyl (C=O) groups excluding carboxylic acids is 2. The Morgan fingerprint density at radius 3 is 2.45 bits per heavy atom. The van der Waals surface area contributed by atoms with Crippen LogP contribution in [0.5, 0.6) is 17.5 Å². The van der Waals surface area contributed by atoms with Crippen LogP contribution in [0.1, 0.15) is 29.6 Å². The Hall–Kier alpha value is -3.14. The smallest absolute Gasteiger partial charge is 0.258 e. The molecule has 2 N–H and O–H groups in total. The number of methoxy groups -OCH3 is 2. The number of carbonyl (C=O) groups is 2. The van der Waals surface area contributed by atoms with Gasteiger partial charge in [-0.3, -0.25) is 9.59 Å². The number of aromatic nitrogens is 2. The Kier molecular flexibility index (Phi) is 5.34. The molecular formula is C20H20ClFN4O5. The molecule has 9 nitrogen and oxygen atoms in total.